The third kappa shape index (κ3) is 9.46. The van der Waals surface area contributed by atoms with Crippen LogP contribution in [-0.4, -0.2) is 35.8 Å². The van der Waals surface area contributed by atoms with Crippen molar-refractivity contribution in [3.63, 3.8) is 0 Å². The van der Waals surface area contributed by atoms with Crippen LogP contribution in [0.25, 0.3) is 0 Å². The molecule has 188 valence electrons. The van der Waals surface area contributed by atoms with Crippen molar-refractivity contribution < 1.29 is 23.9 Å². The van der Waals surface area contributed by atoms with Gasteiger partial charge in [-0.2, -0.15) is 11.8 Å². The average molecular weight is 507 g/mol. The van der Waals surface area contributed by atoms with Gasteiger partial charge in [-0.1, -0.05) is 91.0 Å². The molecule has 0 aliphatic carbocycles. The van der Waals surface area contributed by atoms with Crippen LogP contribution >= 0.6 is 11.8 Å². The molecule has 0 unspecified atom stereocenters. The van der Waals surface area contributed by atoms with Gasteiger partial charge < -0.3 is 20.1 Å². The second kappa shape index (κ2) is 14.6. The molecule has 3 rings (SSSR count). The molecule has 2 N–H and O–H groups in total. The van der Waals surface area contributed by atoms with E-state index in [0.717, 1.165) is 16.7 Å². The predicted molar refractivity (Wildman–Crippen MR) is 140 cm³/mol. The molecule has 36 heavy (non-hydrogen) atoms. The molecule has 0 aliphatic rings. The fourth-order valence-electron chi connectivity index (χ4n) is 3.17. The van der Waals surface area contributed by atoms with Crippen molar-refractivity contribution >= 4 is 29.7 Å². The molecule has 0 fully saturated rings. The lowest BCUT2D eigenvalue weighted by Gasteiger charge is -2.20. The molecule has 0 radical (unpaired) electrons. The molecule has 0 bridgehead atoms. The molecular weight excluding hydrogens is 476 g/mol. The van der Waals surface area contributed by atoms with E-state index in [4.69, 9.17) is 9.47 Å². The van der Waals surface area contributed by atoms with E-state index in [1.165, 1.54) is 18.7 Å². The Kier molecular flexibility index (Phi) is 10.9. The van der Waals surface area contributed by atoms with E-state index in [-0.39, 0.29) is 13.2 Å². The molecule has 8 heteroatoms. The van der Waals surface area contributed by atoms with Gasteiger partial charge in [-0.25, -0.2) is 9.59 Å². The van der Waals surface area contributed by atoms with Crippen molar-refractivity contribution in [1.82, 2.24) is 10.6 Å². The summed E-state index contributed by atoms with van der Waals surface area (Å²) in [6.07, 6.45) is -0.719. The number of ether oxygens (including phenoxy) is 2. The highest BCUT2D eigenvalue weighted by atomic mass is 32.2. The Balaban J connectivity index is 1.53. The average Bonchev–Trinajstić information content (AvgIpc) is 2.91. The highest BCUT2D eigenvalue weighted by molar-refractivity contribution is 7.98. The maximum atomic E-state index is 12.8. The van der Waals surface area contributed by atoms with Gasteiger partial charge in [0.1, 0.15) is 25.3 Å². The molecular formula is C28H30N2O5S. The van der Waals surface area contributed by atoms with Crippen molar-refractivity contribution in [1.29, 1.82) is 0 Å². The zero-order valence-corrected chi connectivity index (χ0v) is 20.9. The molecule has 3 aromatic rings. The molecule has 3 aromatic carbocycles. The second-order valence-electron chi connectivity index (χ2n) is 8.08. The second-order valence-corrected chi connectivity index (χ2v) is 9.11. The number of nitrogens with one attached hydrogen (secondary N) is 2. The van der Waals surface area contributed by atoms with E-state index in [1.807, 2.05) is 91.0 Å². The number of benzene rings is 3. The topological polar surface area (TPSA) is 93.7 Å². The molecule has 0 saturated heterocycles. The van der Waals surface area contributed by atoms with Crippen LogP contribution < -0.4 is 10.6 Å². The molecule has 0 saturated carbocycles. The van der Waals surface area contributed by atoms with Crippen LogP contribution in [0.4, 0.5) is 4.79 Å². The maximum absolute atomic E-state index is 12.8. The van der Waals surface area contributed by atoms with Crippen LogP contribution in [0.5, 0.6) is 0 Å². The number of hydrogen-bond donors (Lipinski definition) is 2. The Morgan fingerprint density at radius 3 is 1.78 bits per heavy atom. The van der Waals surface area contributed by atoms with Crippen LogP contribution in [0.2, 0.25) is 0 Å². The van der Waals surface area contributed by atoms with Crippen LogP contribution in [0, 0.1) is 0 Å². The Labute approximate surface area is 215 Å². The number of alkyl carbamates (subject to hydrolysis) is 1. The van der Waals surface area contributed by atoms with Crippen LogP contribution in [0.3, 0.4) is 0 Å². The van der Waals surface area contributed by atoms with E-state index in [2.05, 4.69) is 10.6 Å². The number of carbonyl (C=O) groups excluding carboxylic acids is 3. The van der Waals surface area contributed by atoms with Gasteiger partial charge in [-0.3, -0.25) is 4.79 Å². The first-order chi connectivity index (χ1) is 17.5. The standard InChI is InChI=1S/C28H30N2O5S/c1-21(29-28(33)35-18-23-13-7-3-8-14-23)26(31)30-25(20-36-19-24-15-9-4-10-16-24)27(32)34-17-22-11-5-2-6-12-22/h2-16,21,25H,17-20H2,1H3,(H,29,33)(H,30,31)/t21-,25-/m1/s1. The van der Waals surface area contributed by atoms with Crippen LogP contribution in [0.15, 0.2) is 91.0 Å². The summed E-state index contributed by atoms with van der Waals surface area (Å²) in [6, 6.07) is 26.6. The summed E-state index contributed by atoms with van der Waals surface area (Å²) >= 11 is 1.51. The molecule has 0 spiro atoms. The summed E-state index contributed by atoms with van der Waals surface area (Å²) in [6.45, 7) is 1.73. The third-order valence-electron chi connectivity index (χ3n) is 5.16. The number of amides is 2. The zero-order valence-electron chi connectivity index (χ0n) is 20.1. The van der Waals surface area contributed by atoms with Gasteiger partial charge in [-0.05, 0) is 23.6 Å². The molecule has 0 aromatic heterocycles. The summed E-state index contributed by atoms with van der Waals surface area (Å²) in [4.78, 5) is 37.7. The highest BCUT2D eigenvalue weighted by Crippen LogP contribution is 2.14. The summed E-state index contributed by atoms with van der Waals surface area (Å²) in [5.41, 5.74) is 2.80. The monoisotopic (exact) mass is 506 g/mol. The van der Waals surface area contributed by atoms with Gasteiger partial charge in [0.2, 0.25) is 5.91 Å². The van der Waals surface area contributed by atoms with Gasteiger partial charge in [0.05, 0.1) is 0 Å². The van der Waals surface area contributed by atoms with Gasteiger partial charge in [0, 0.05) is 11.5 Å². The van der Waals surface area contributed by atoms with Crippen LogP contribution in [-0.2, 0) is 38.0 Å². The first-order valence-corrected chi connectivity index (χ1v) is 12.8. The third-order valence-corrected chi connectivity index (χ3v) is 6.27. The normalized spacial score (nSPS) is 12.1. The predicted octanol–water partition coefficient (Wildman–Crippen LogP) is 4.46. The van der Waals surface area contributed by atoms with Crippen molar-refractivity contribution in [3.05, 3.63) is 108 Å². The molecule has 0 heterocycles. The number of thioether (sulfide) groups is 1. The lowest BCUT2D eigenvalue weighted by Crippen LogP contribution is -2.51. The van der Waals surface area contributed by atoms with E-state index in [1.54, 1.807) is 0 Å². The first kappa shape index (κ1) is 26.8. The van der Waals surface area contributed by atoms with E-state index in [9.17, 15) is 14.4 Å². The van der Waals surface area contributed by atoms with Crippen molar-refractivity contribution in [2.75, 3.05) is 5.75 Å². The van der Waals surface area contributed by atoms with E-state index >= 15 is 0 Å². The number of hydrogen-bond acceptors (Lipinski definition) is 6. The van der Waals surface area contributed by atoms with Crippen molar-refractivity contribution in [2.24, 2.45) is 0 Å². The largest absolute Gasteiger partial charge is 0.459 e. The van der Waals surface area contributed by atoms with Gasteiger partial charge in [-0.15, -0.1) is 0 Å². The van der Waals surface area contributed by atoms with Gasteiger partial charge in [0.15, 0.2) is 0 Å². The smallest absolute Gasteiger partial charge is 0.408 e. The quantitative estimate of drug-likeness (QED) is 0.352. The lowest BCUT2D eigenvalue weighted by atomic mass is 10.2. The van der Waals surface area contributed by atoms with E-state index < -0.39 is 30.1 Å². The Morgan fingerprint density at radius 2 is 1.22 bits per heavy atom. The fraction of sp³-hybridized carbons (Fsp3) is 0.250. The molecule has 7 nitrogen and oxygen atoms in total. The zero-order chi connectivity index (χ0) is 25.6. The number of esters is 1. The lowest BCUT2D eigenvalue weighted by molar-refractivity contribution is -0.148. The fourth-order valence-corrected chi connectivity index (χ4v) is 4.17. The molecule has 0 aliphatic heterocycles. The summed E-state index contributed by atoms with van der Waals surface area (Å²) in [5.74, 6) is -0.0432. The minimum atomic E-state index is -0.906. The molecule has 2 amide bonds. The Hall–Kier alpha value is -3.78. The summed E-state index contributed by atoms with van der Waals surface area (Å²) in [5, 5.41) is 5.22. The Bertz CT molecular complexity index is 1100. The highest BCUT2D eigenvalue weighted by Gasteiger charge is 2.26. The minimum absolute atomic E-state index is 0.0889. The van der Waals surface area contributed by atoms with E-state index in [0.29, 0.717) is 11.5 Å². The number of carbonyl (C=O) groups is 3. The van der Waals surface area contributed by atoms with Crippen molar-refractivity contribution in [2.45, 2.75) is 38.0 Å². The maximum Gasteiger partial charge on any atom is 0.408 e. The van der Waals surface area contributed by atoms with Gasteiger partial charge >= 0.3 is 12.1 Å². The Morgan fingerprint density at radius 1 is 0.722 bits per heavy atom. The van der Waals surface area contributed by atoms with Crippen LogP contribution in [0.1, 0.15) is 23.6 Å². The number of rotatable bonds is 12. The molecule has 2 atom stereocenters. The first-order valence-electron chi connectivity index (χ1n) is 11.6. The summed E-state index contributed by atoms with van der Waals surface area (Å²) < 4.78 is 10.6. The SMILES string of the molecule is C[C@@H](NC(=O)OCc1ccccc1)C(=O)N[C@H](CSCc1ccccc1)C(=O)OCc1ccccc1. The summed E-state index contributed by atoms with van der Waals surface area (Å²) in [7, 11) is 0. The van der Waals surface area contributed by atoms with Gasteiger partial charge in [0.25, 0.3) is 0 Å². The van der Waals surface area contributed by atoms with Crippen molar-refractivity contribution in [3.8, 4) is 0 Å². The minimum Gasteiger partial charge on any atom is -0.459 e.